The number of piperidine rings is 1. The van der Waals surface area contributed by atoms with E-state index >= 15 is 0 Å². The lowest BCUT2D eigenvalue weighted by Crippen LogP contribution is -2.47. The van der Waals surface area contributed by atoms with E-state index in [2.05, 4.69) is 4.90 Å². The van der Waals surface area contributed by atoms with Gasteiger partial charge in [0.1, 0.15) is 0 Å². The molecule has 1 amide bonds. The van der Waals surface area contributed by atoms with E-state index in [1.165, 1.54) is 32.5 Å². The molecule has 2 rings (SSSR count). The van der Waals surface area contributed by atoms with Crippen LogP contribution in [-0.2, 0) is 4.79 Å². The molecule has 2 fully saturated rings. The third-order valence-electron chi connectivity index (χ3n) is 4.03. The molecule has 0 aliphatic carbocycles. The second kappa shape index (κ2) is 5.83. The maximum Gasteiger partial charge on any atom is 0.239 e. The number of carbonyl (C=O) groups is 1. The van der Waals surface area contributed by atoms with Crippen molar-refractivity contribution in [2.24, 2.45) is 11.7 Å². The Labute approximate surface area is 104 Å². The Kier molecular flexibility index (Phi) is 4.40. The van der Waals surface area contributed by atoms with Crippen LogP contribution in [0.3, 0.4) is 0 Å². The smallest absolute Gasteiger partial charge is 0.239 e. The van der Waals surface area contributed by atoms with Crippen LogP contribution in [0.1, 0.15) is 32.6 Å². The van der Waals surface area contributed by atoms with E-state index in [1.54, 1.807) is 6.92 Å². The first-order chi connectivity index (χ1) is 8.16. The number of amides is 1. The first kappa shape index (κ1) is 12.8. The summed E-state index contributed by atoms with van der Waals surface area (Å²) in [5.74, 6) is 0.898. The van der Waals surface area contributed by atoms with Crippen molar-refractivity contribution in [1.29, 1.82) is 0 Å². The van der Waals surface area contributed by atoms with Gasteiger partial charge in [-0.25, -0.2) is 0 Å². The number of nitrogens with two attached hydrogens (primary N) is 1. The molecule has 98 valence electrons. The van der Waals surface area contributed by atoms with Crippen molar-refractivity contribution in [3.63, 3.8) is 0 Å². The molecule has 0 aromatic rings. The first-order valence-corrected chi connectivity index (χ1v) is 6.93. The number of rotatable bonds is 3. The van der Waals surface area contributed by atoms with Crippen LogP contribution in [0.15, 0.2) is 0 Å². The molecule has 2 aliphatic heterocycles. The fraction of sp³-hybridized carbons (Fsp3) is 0.923. The van der Waals surface area contributed by atoms with Crippen LogP contribution in [0.2, 0.25) is 0 Å². The molecule has 2 N–H and O–H groups in total. The van der Waals surface area contributed by atoms with Gasteiger partial charge in [0.15, 0.2) is 0 Å². The van der Waals surface area contributed by atoms with Gasteiger partial charge in [-0.1, -0.05) is 0 Å². The van der Waals surface area contributed by atoms with Crippen molar-refractivity contribution in [3.8, 4) is 0 Å². The maximum atomic E-state index is 11.7. The Morgan fingerprint density at radius 2 is 1.82 bits per heavy atom. The van der Waals surface area contributed by atoms with E-state index in [0.29, 0.717) is 0 Å². The zero-order valence-electron chi connectivity index (χ0n) is 10.9. The first-order valence-electron chi connectivity index (χ1n) is 6.93. The highest BCUT2D eigenvalue weighted by Crippen LogP contribution is 2.20. The van der Waals surface area contributed by atoms with E-state index < -0.39 is 0 Å². The number of hydrogen-bond donors (Lipinski definition) is 1. The predicted molar refractivity (Wildman–Crippen MR) is 68.6 cm³/mol. The highest BCUT2D eigenvalue weighted by Gasteiger charge is 2.26. The molecule has 4 heteroatoms. The van der Waals surface area contributed by atoms with Gasteiger partial charge >= 0.3 is 0 Å². The summed E-state index contributed by atoms with van der Waals surface area (Å²) in [5.41, 5.74) is 5.63. The second-order valence-electron chi connectivity index (χ2n) is 5.57. The van der Waals surface area contributed by atoms with E-state index in [4.69, 9.17) is 5.73 Å². The van der Waals surface area contributed by atoms with E-state index in [1.807, 2.05) is 4.90 Å². The summed E-state index contributed by atoms with van der Waals surface area (Å²) in [6.07, 6.45) is 5.02. The number of carbonyl (C=O) groups excluding carboxylic acids is 1. The summed E-state index contributed by atoms with van der Waals surface area (Å²) in [7, 11) is 0. The van der Waals surface area contributed by atoms with Gasteiger partial charge in [0.2, 0.25) is 5.91 Å². The van der Waals surface area contributed by atoms with Gasteiger partial charge in [0, 0.05) is 19.6 Å². The molecule has 1 atom stereocenters. The minimum atomic E-state index is -0.342. The number of nitrogens with zero attached hydrogens (tertiary/aromatic N) is 2. The van der Waals surface area contributed by atoms with Crippen molar-refractivity contribution in [3.05, 3.63) is 0 Å². The predicted octanol–water partition coefficient (Wildman–Crippen LogP) is 0.668. The standard InChI is InChI=1S/C13H25N3O/c1-11(14)13(17)16-8-4-12(5-9-16)10-15-6-2-3-7-15/h11-12H,2-10,14H2,1H3/t11-/m0/s1. The van der Waals surface area contributed by atoms with Gasteiger partial charge in [-0.05, 0) is 51.6 Å². The fourth-order valence-electron chi connectivity index (χ4n) is 2.95. The molecule has 0 aromatic heterocycles. The Morgan fingerprint density at radius 3 is 2.35 bits per heavy atom. The molecule has 2 aliphatic rings. The Bertz CT molecular complexity index is 253. The van der Waals surface area contributed by atoms with Crippen LogP contribution in [0, 0.1) is 5.92 Å². The highest BCUT2D eigenvalue weighted by molar-refractivity contribution is 5.81. The van der Waals surface area contributed by atoms with Crippen LogP contribution < -0.4 is 5.73 Å². The fourth-order valence-corrected chi connectivity index (χ4v) is 2.95. The molecule has 0 bridgehead atoms. The van der Waals surface area contributed by atoms with Gasteiger partial charge in [0.05, 0.1) is 6.04 Å². The van der Waals surface area contributed by atoms with Gasteiger partial charge in [-0.15, -0.1) is 0 Å². The summed E-state index contributed by atoms with van der Waals surface area (Å²) in [6, 6.07) is -0.342. The quantitative estimate of drug-likeness (QED) is 0.787. The summed E-state index contributed by atoms with van der Waals surface area (Å²) in [5, 5.41) is 0. The van der Waals surface area contributed by atoms with E-state index in [9.17, 15) is 4.79 Å². The normalized spacial score (nSPS) is 25.2. The lowest BCUT2D eigenvalue weighted by molar-refractivity contribution is -0.133. The third kappa shape index (κ3) is 3.42. The van der Waals surface area contributed by atoms with Crippen LogP contribution in [0.4, 0.5) is 0 Å². The Morgan fingerprint density at radius 1 is 1.24 bits per heavy atom. The molecule has 0 aromatic carbocycles. The van der Waals surface area contributed by atoms with Crippen LogP contribution >= 0.6 is 0 Å². The number of likely N-dealkylation sites (tertiary alicyclic amines) is 2. The summed E-state index contributed by atoms with van der Waals surface area (Å²) in [4.78, 5) is 16.3. The highest BCUT2D eigenvalue weighted by atomic mass is 16.2. The summed E-state index contributed by atoms with van der Waals surface area (Å²) < 4.78 is 0. The Balaban J connectivity index is 1.72. The van der Waals surface area contributed by atoms with E-state index in [-0.39, 0.29) is 11.9 Å². The topological polar surface area (TPSA) is 49.6 Å². The third-order valence-corrected chi connectivity index (χ3v) is 4.03. The molecule has 0 radical (unpaired) electrons. The van der Waals surface area contributed by atoms with Crippen molar-refractivity contribution in [2.75, 3.05) is 32.7 Å². The molecule has 17 heavy (non-hydrogen) atoms. The van der Waals surface area contributed by atoms with E-state index in [0.717, 1.165) is 31.8 Å². The van der Waals surface area contributed by atoms with Crippen LogP contribution in [-0.4, -0.2) is 54.5 Å². The summed E-state index contributed by atoms with van der Waals surface area (Å²) in [6.45, 7) is 7.37. The average molecular weight is 239 g/mol. The van der Waals surface area contributed by atoms with Crippen LogP contribution in [0.5, 0.6) is 0 Å². The van der Waals surface area contributed by atoms with Gasteiger partial charge in [0.25, 0.3) is 0 Å². The van der Waals surface area contributed by atoms with Crippen molar-refractivity contribution in [2.45, 2.75) is 38.6 Å². The van der Waals surface area contributed by atoms with Gasteiger partial charge < -0.3 is 15.5 Å². The largest absolute Gasteiger partial charge is 0.341 e. The molecule has 2 heterocycles. The molecule has 0 unspecified atom stereocenters. The number of hydrogen-bond acceptors (Lipinski definition) is 3. The van der Waals surface area contributed by atoms with Gasteiger partial charge in [-0.2, -0.15) is 0 Å². The summed E-state index contributed by atoms with van der Waals surface area (Å²) >= 11 is 0. The molecule has 0 spiro atoms. The van der Waals surface area contributed by atoms with Crippen LogP contribution in [0.25, 0.3) is 0 Å². The van der Waals surface area contributed by atoms with Crippen molar-refractivity contribution < 1.29 is 4.79 Å². The minimum absolute atomic E-state index is 0.115. The molecule has 4 nitrogen and oxygen atoms in total. The lowest BCUT2D eigenvalue weighted by atomic mass is 9.96. The lowest BCUT2D eigenvalue weighted by Gasteiger charge is -2.34. The molecular weight excluding hydrogens is 214 g/mol. The SMILES string of the molecule is C[C@H](N)C(=O)N1CCC(CN2CCCC2)CC1. The average Bonchev–Trinajstić information content (AvgIpc) is 2.82. The minimum Gasteiger partial charge on any atom is -0.341 e. The zero-order chi connectivity index (χ0) is 12.3. The Hall–Kier alpha value is -0.610. The molecule has 0 saturated carbocycles. The van der Waals surface area contributed by atoms with Gasteiger partial charge in [-0.3, -0.25) is 4.79 Å². The van der Waals surface area contributed by atoms with Crippen molar-refractivity contribution >= 4 is 5.91 Å². The zero-order valence-corrected chi connectivity index (χ0v) is 10.9. The molecular formula is C13H25N3O. The maximum absolute atomic E-state index is 11.7. The monoisotopic (exact) mass is 239 g/mol. The molecule has 2 saturated heterocycles. The second-order valence-corrected chi connectivity index (χ2v) is 5.57. The van der Waals surface area contributed by atoms with Crippen molar-refractivity contribution in [1.82, 2.24) is 9.80 Å².